The van der Waals surface area contributed by atoms with Crippen LogP contribution in [0.2, 0.25) is 5.02 Å². The Morgan fingerprint density at radius 2 is 2.17 bits per heavy atom. The Kier molecular flexibility index (Phi) is 4.39. The van der Waals surface area contributed by atoms with Crippen LogP contribution in [0.5, 0.6) is 0 Å². The number of nitrogens with one attached hydrogen (secondary N) is 1. The highest BCUT2D eigenvalue weighted by molar-refractivity contribution is 6.30. The number of hydrogen-bond donors (Lipinski definition) is 1. The summed E-state index contributed by atoms with van der Waals surface area (Å²) in [6.45, 7) is 0.871. The maximum atomic E-state index is 11.2. The zero-order valence-electron chi connectivity index (χ0n) is 10.3. The largest absolute Gasteiger partial charge is 0.466 e. The molecule has 1 unspecified atom stereocenters. The van der Waals surface area contributed by atoms with Gasteiger partial charge < -0.3 is 10.1 Å². The van der Waals surface area contributed by atoms with Crippen molar-refractivity contribution >= 4 is 17.6 Å². The number of carbonyl (C=O) groups excluding carboxylic acids is 1. The number of halogens is 1. The molecule has 0 amide bonds. The minimum Gasteiger partial charge on any atom is -0.466 e. The third kappa shape index (κ3) is 3.34. The fraction of sp³-hybridized carbons (Fsp3) is 0.357. The van der Waals surface area contributed by atoms with Crippen LogP contribution in [0.3, 0.4) is 0 Å². The number of rotatable bonds is 2. The molecule has 1 aromatic rings. The molecule has 1 aliphatic heterocycles. The summed E-state index contributed by atoms with van der Waals surface area (Å²) in [5.74, 6) is -0.276. The highest BCUT2D eigenvalue weighted by Gasteiger charge is 2.18. The first-order valence-electron chi connectivity index (χ1n) is 5.95. The number of benzene rings is 1. The molecule has 1 N–H and O–H groups in total. The van der Waals surface area contributed by atoms with Crippen LogP contribution in [-0.2, 0) is 9.53 Å². The van der Waals surface area contributed by atoms with Crippen molar-refractivity contribution in [3.8, 4) is 0 Å². The van der Waals surface area contributed by atoms with Crippen LogP contribution in [0, 0.1) is 0 Å². The summed E-state index contributed by atoms with van der Waals surface area (Å²) in [5.41, 5.74) is 2.32. The molecule has 3 nitrogen and oxygen atoms in total. The van der Waals surface area contributed by atoms with E-state index in [2.05, 4.69) is 10.1 Å². The normalized spacial score (nSPS) is 21.9. The van der Waals surface area contributed by atoms with Gasteiger partial charge in [-0.3, -0.25) is 0 Å². The zero-order valence-corrected chi connectivity index (χ0v) is 11.0. The smallest absolute Gasteiger partial charge is 0.330 e. The van der Waals surface area contributed by atoms with E-state index in [9.17, 15) is 4.79 Å². The van der Waals surface area contributed by atoms with Crippen molar-refractivity contribution in [3.05, 3.63) is 46.5 Å². The summed E-state index contributed by atoms with van der Waals surface area (Å²) in [5, 5.41) is 4.18. The summed E-state index contributed by atoms with van der Waals surface area (Å²) in [6, 6.07) is 8.04. The molecule has 18 heavy (non-hydrogen) atoms. The Hall–Kier alpha value is -1.32. The van der Waals surface area contributed by atoms with Gasteiger partial charge in [0.25, 0.3) is 0 Å². The Bertz CT molecular complexity index is 453. The molecule has 0 saturated carbocycles. The Balaban J connectivity index is 2.09. The third-order valence-electron chi connectivity index (χ3n) is 3.10. The van der Waals surface area contributed by atoms with E-state index in [0.717, 1.165) is 30.0 Å². The molecule has 0 aliphatic carbocycles. The second-order valence-electron chi connectivity index (χ2n) is 4.34. The minimum absolute atomic E-state index is 0.243. The molecule has 4 heteroatoms. The summed E-state index contributed by atoms with van der Waals surface area (Å²) < 4.78 is 4.66. The van der Waals surface area contributed by atoms with Crippen molar-refractivity contribution in [1.82, 2.24) is 5.32 Å². The molecule has 1 fully saturated rings. The molecule has 0 spiro atoms. The third-order valence-corrected chi connectivity index (χ3v) is 3.35. The minimum atomic E-state index is -0.276. The number of methoxy groups -OCH3 is 1. The molecular weight excluding hydrogens is 250 g/mol. The lowest BCUT2D eigenvalue weighted by molar-refractivity contribution is -0.134. The fourth-order valence-electron chi connectivity index (χ4n) is 2.13. The van der Waals surface area contributed by atoms with Gasteiger partial charge in [0.15, 0.2) is 0 Å². The van der Waals surface area contributed by atoms with Crippen LogP contribution in [0.4, 0.5) is 0 Å². The number of carbonyl (C=O) groups is 1. The molecule has 1 heterocycles. The van der Waals surface area contributed by atoms with Crippen molar-refractivity contribution in [3.63, 3.8) is 0 Å². The quantitative estimate of drug-likeness (QED) is 0.660. The highest BCUT2D eigenvalue weighted by atomic mass is 35.5. The standard InChI is InChI=1S/C14H16ClNO2/c1-18-14(17)9-10-6-7-16-13(8-10)11-2-4-12(15)5-3-11/h2-5,9,13,16H,6-8H2,1H3. The van der Waals surface area contributed by atoms with Gasteiger partial charge in [-0.15, -0.1) is 0 Å². The molecule has 1 aliphatic rings. The second-order valence-corrected chi connectivity index (χ2v) is 4.77. The van der Waals surface area contributed by atoms with Crippen LogP contribution < -0.4 is 5.32 Å². The van der Waals surface area contributed by atoms with E-state index in [1.807, 2.05) is 24.3 Å². The van der Waals surface area contributed by atoms with E-state index in [4.69, 9.17) is 11.6 Å². The Morgan fingerprint density at radius 3 is 2.83 bits per heavy atom. The van der Waals surface area contributed by atoms with Crippen LogP contribution in [0.25, 0.3) is 0 Å². The molecule has 0 radical (unpaired) electrons. The van der Waals surface area contributed by atoms with Gasteiger partial charge in [-0.2, -0.15) is 0 Å². The van der Waals surface area contributed by atoms with Crippen molar-refractivity contribution in [1.29, 1.82) is 0 Å². The monoisotopic (exact) mass is 265 g/mol. The van der Waals surface area contributed by atoms with Crippen LogP contribution in [0.15, 0.2) is 35.9 Å². The van der Waals surface area contributed by atoms with Gasteiger partial charge >= 0.3 is 5.97 Å². The summed E-state index contributed by atoms with van der Waals surface area (Å²) in [7, 11) is 1.40. The lowest BCUT2D eigenvalue weighted by atomic mass is 9.93. The van der Waals surface area contributed by atoms with Gasteiger partial charge in [-0.25, -0.2) is 4.79 Å². The highest BCUT2D eigenvalue weighted by Crippen LogP contribution is 2.27. The van der Waals surface area contributed by atoms with Crippen LogP contribution >= 0.6 is 11.6 Å². The van der Waals surface area contributed by atoms with E-state index >= 15 is 0 Å². The molecule has 1 atom stereocenters. The average Bonchev–Trinajstić information content (AvgIpc) is 2.40. The average molecular weight is 266 g/mol. The van der Waals surface area contributed by atoms with E-state index in [1.54, 1.807) is 6.08 Å². The summed E-state index contributed by atoms with van der Waals surface area (Å²) >= 11 is 5.87. The van der Waals surface area contributed by atoms with Crippen molar-refractivity contribution in [2.24, 2.45) is 0 Å². The van der Waals surface area contributed by atoms with Crippen LogP contribution in [0.1, 0.15) is 24.4 Å². The van der Waals surface area contributed by atoms with E-state index in [0.29, 0.717) is 0 Å². The lowest BCUT2D eigenvalue weighted by Crippen LogP contribution is -2.28. The second kappa shape index (κ2) is 6.03. The number of ether oxygens (including phenoxy) is 1. The van der Waals surface area contributed by atoms with Gasteiger partial charge in [0.1, 0.15) is 0 Å². The molecular formula is C14H16ClNO2. The topological polar surface area (TPSA) is 38.3 Å². The molecule has 2 rings (SSSR count). The van der Waals surface area contributed by atoms with Gasteiger partial charge in [0.05, 0.1) is 7.11 Å². The van der Waals surface area contributed by atoms with E-state index < -0.39 is 0 Å². The molecule has 96 valence electrons. The first kappa shape index (κ1) is 13.1. The maximum absolute atomic E-state index is 11.2. The van der Waals surface area contributed by atoms with Gasteiger partial charge in [-0.1, -0.05) is 29.3 Å². The lowest BCUT2D eigenvalue weighted by Gasteiger charge is -2.26. The van der Waals surface area contributed by atoms with E-state index in [1.165, 1.54) is 12.7 Å². The van der Waals surface area contributed by atoms with Crippen LogP contribution in [-0.4, -0.2) is 19.6 Å². The Labute approximate surface area is 112 Å². The van der Waals surface area contributed by atoms with Gasteiger partial charge in [-0.05, 0) is 37.1 Å². The zero-order chi connectivity index (χ0) is 13.0. The number of esters is 1. The predicted molar refractivity (Wildman–Crippen MR) is 71.5 cm³/mol. The number of piperidine rings is 1. The molecule has 1 saturated heterocycles. The summed E-state index contributed by atoms with van der Waals surface area (Å²) in [6.07, 6.45) is 3.32. The first-order valence-corrected chi connectivity index (χ1v) is 6.33. The summed E-state index contributed by atoms with van der Waals surface area (Å²) in [4.78, 5) is 11.2. The molecule has 0 aromatic heterocycles. The molecule has 1 aromatic carbocycles. The predicted octanol–water partition coefficient (Wildman–Crippen LogP) is 2.86. The fourth-order valence-corrected chi connectivity index (χ4v) is 2.26. The van der Waals surface area contributed by atoms with E-state index in [-0.39, 0.29) is 12.0 Å². The number of hydrogen-bond acceptors (Lipinski definition) is 3. The Morgan fingerprint density at radius 1 is 1.44 bits per heavy atom. The molecule has 0 bridgehead atoms. The van der Waals surface area contributed by atoms with Crippen molar-refractivity contribution in [2.75, 3.05) is 13.7 Å². The van der Waals surface area contributed by atoms with Gasteiger partial charge in [0.2, 0.25) is 0 Å². The van der Waals surface area contributed by atoms with Gasteiger partial charge in [0, 0.05) is 17.1 Å². The maximum Gasteiger partial charge on any atom is 0.330 e. The first-order chi connectivity index (χ1) is 8.69. The SMILES string of the molecule is COC(=O)C=C1CCNC(c2ccc(Cl)cc2)C1. The van der Waals surface area contributed by atoms with Crippen molar-refractivity contribution < 1.29 is 9.53 Å². The van der Waals surface area contributed by atoms with Crippen molar-refractivity contribution in [2.45, 2.75) is 18.9 Å².